The maximum Gasteiger partial charge on any atom is 0.338 e. The van der Waals surface area contributed by atoms with E-state index in [9.17, 15) is 23.6 Å². The van der Waals surface area contributed by atoms with Crippen LogP contribution in [0.3, 0.4) is 0 Å². The van der Waals surface area contributed by atoms with Gasteiger partial charge in [-0.25, -0.2) is 13.6 Å². The quantitative estimate of drug-likeness (QED) is 0.460. The minimum Gasteiger partial charge on any atom is -0.466 e. The molecule has 2 N–H and O–H groups in total. The van der Waals surface area contributed by atoms with Gasteiger partial charge in [-0.3, -0.25) is 9.36 Å². The lowest BCUT2D eigenvalue weighted by Gasteiger charge is -2.25. The van der Waals surface area contributed by atoms with Crippen molar-refractivity contribution in [2.45, 2.75) is 5.92 Å². The molecule has 2 heterocycles. The van der Waals surface area contributed by atoms with Crippen molar-refractivity contribution in [3.05, 3.63) is 93.2 Å². The molecule has 1 atom stereocenters. The molecule has 0 radical (unpaired) electrons. The zero-order chi connectivity index (χ0) is 24.7. The number of aromatic nitrogens is 1. The number of esters is 1. The van der Waals surface area contributed by atoms with Crippen molar-refractivity contribution in [1.29, 1.82) is 5.26 Å². The zero-order valence-electron chi connectivity index (χ0n) is 17.2. The van der Waals surface area contributed by atoms with Crippen molar-refractivity contribution in [2.75, 3.05) is 7.11 Å². The van der Waals surface area contributed by atoms with E-state index >= 15 is 0 Å². The van der Waals surface area contributed by atoms with E-state index in [0.29, 0.717) is 8.95 Å². The molecule has 3 aromatic rings. The van der Waals surface area contributed by atoms with Gasteiger partial charge in [-0.1, -0.05) is 31.9 Å². The first-order valence-corrected chi connectivity index (χ1v) is 11.9. The highest BCUT2D eigenvalue weighted by Gasteiger charge is 2.37. The van der Waals surface area contributed by atoms with Crippen molar-refractivity contribution in [1.82, 2.24) is 4.57 Å². The first kappa shape index (κ1) is 24.1. The first-order valence-electron chi connectivity index (χ1n) is 9.54. The largest absolute Gasteiger partial charge is 0.466 e. The molecule has 0 fully saturated rings. The number of halogens is 4. The van der Waals surface area contributed by atoms with Gasteiger partial charge in [0.05, 0.1) is 34.8 Å². The summed E-state index contributed by atoms with van der Waals surface area (Å²) >= 11 is 7.42. The number of benzene rings is 2. The van der Waals surface area contributed by atoms with Crippen LogP contribution in [0.4, 0.5) is 8.78 Å². The number of nitrogens with zero attached hydrogens (tertiary/aromatic N) is 2. The van der Waals surface area contributed by atoms with Crippen molar-refractivity contribution < 1.29 is 18.3 Å². The summed E-state index contributed by atoms with van der Waals surface area (Å²) in [5.74, 6) is -3.66. The zero-order valence-corrected chi connectivity index (χ0v) is 21.2. The molecular weight excluding hydrogens is 596 g/mol. The molecular formula is C23H13Br2F2N3O3S. The molecule has 0 spiro atoms. The van der Waals surface area contributed by atoms with Gasteiger partial charge >= 0.3 is 5.97 Å². The predicted octanol–water partition coefficient (Wildman–Crippen LogP) is 3.31. The number of carbonyl (C=O) groups excluding carboxylic acids is 1. The summed E-state index contributed by atoms with van der Waals surface area (Å²) in [4.78, 5) is 26.0. The molecule has 1 aromatic heterocycles. The van der Waals surface area contributed by atoms with Crippen LogP contribution in [0.15, 0.2) is 55.7 Å². The summed E-state index contributed by atoms with van der Waals surface area (Å²) in [6.45, 7) is 0. The second kappa shape index (κ2) is 9.29. The number of fused-ring (bicyclic) bond motifs is 1. The van der Waals surface area contributed by atoms with E-state index in [1.807, 2.05) is 6.07 Å². The first-order chi connectivity index (χ1) is 16.2. The molecule has 0 bridgehead atoms. The number of methoxy groups -OCH3 is 1. The van der Waals surface area contributed by atoms with Gasteiger partial charge in [0.2, 0.25) is 0 Å². The number of nitriles is 1. The summed E-state index contributed by atoms with van der Waals surface area (Å²) in [5, 5.41) is 10.0. The molecule has 4 rings (SSSR count). The Balaban J connectivity index is 2.13. The number of rotatable bonds is 3. The molecule has 0 aliphatic carbocycles. The Morgan fingerprint density at radius 1 is 1.21 bits per heavy atom. The van der Waals surface area contributed by atoms with E-state index in [2.05, 4.69) is 31.9 Å². The normalized spacial score (nSPS) is 15.8. The lowest BCUT2D eigenvalue weighted by molar-refractivity contribution is -0.136. The van der Waals surface area contributed by atoms with Crippen molar-refractivity contribution in [3.63, 3.8) is 0 Å². The average molecular weight is 609 g/mol. The van der Waals surface area contributed by atoms with E-state index in [4.69, 9.17) is 10.5 Å². The maximum absolute atomic E-state index is 14.9. The highest BCUT2D eigenvalue weighted by Crippen LogP contribution is 2.38. The third-order valence-corrected chi connectivity index (χ3v) is 7.28. The Hall–Kier alpha value is -3.07. The minimum absolute atomic E-state index is 0.00457. The predicted molar refractivity (Wildman–Crippen MR) is 131 cm³/mol. The molecule has 0 saturated heterocycles. The highest BCUT2D eigenvalue weighted by atomic mass is 79.9. The van der Waals surface area contributed by atoms with E-state index < -0.39 is 29.1 Å². The Kier molecular flexibility index (Phi) is 6.58. The molecule has 0 amide bonds. The Labute approximate surface area is 212 Å². The summed E-state index contributed by atoms with van der Waals surface area (Å²) in [5.41, 5.74) is 5.43. The SMILES string of the molecule is COC(=O)C1=C(N)n2c(sc(=Cc3cc(Br)ccc3F)c2=O)=C(C#N)C1c1cc(Br)ccc1F. The van der Waals surface area contributed by atoms with Gasteiger partial charge in [0.15, 0.2) is 0 Å². The topological polar surface area (TPSA) is 98.1 Å². The summed E-state index contributed by atoms with van der Waals surface area (Å²) in [7, 11) is 1.12. The van der Waals surface area contributed by atoms with E-state index in [0.717, 1.165) is 23.0 Å². The second-order valence-corrected chi connectivity index (χ2v) is 10.00. The van der Waals surface area contributed by atoms with Crippen LogP contribution >= 0.6 is 43.2 Å². The van der Waals surface area contributed by atoms with E-state index in [-0.39, 0.29) is 37.3 Å². The lowest BCUT2D eigenvalue weighted by atomic mass is 9.83. The average Bonchev–Trinajstić information content (AvgIpc) is 3.13. The number of thiazole rings is 1. The van der Waals surface area contributed by atoms with Crippen LogP contribution in [0.2, 0.25) is 0 Å². The molecule has 172 valence electrons. The Morgan fingerprint density at radius 2 is 1.85 bits per heavy atom. The van der Waals surface area contributed by atoms with Gasteiger partial charge in [-0.15, -0.1) is 11.3 Å². The maximum atomic E-state index is 14.9. The van der Waals surface area contributed by atoms with Crippen LogP contribution < -0.4 is 20.5 Å². The molecule has 2 aromatic carbocycles. The van der Waals surface area contributed by atoms with Gasteiger partial charge in [0.1, 0.15) is 22.1 Å². The Bertz CT molecular complexity index is 1620. The third kappa shape index (κ3) is 4.02. The van der Waals surface area contributed by atoms with Gasteiger partial charge < -0.3 is 10.5 Å². The van der Waals surface area contributed by atoms with Crippen LogP contribution in [0.1, 0.15) is 17.0 Å². The molecule has 11 heteroatoms. The van der Waals surface area contributed by atoms with Gasteiger partial charge in [-0.2, -0.15) is 5.26 Å². The van der Waals surface area contributed by atoms with Crippen LogP contribution in [-0.2, 0) is 9.53 Å². The van der Waals surface area contributed by atoms with Crippen LogP contribution in [0.25, 0.3) is 17.5 Å². The number of hydrogen-bond acceptors (Lipinski definition) is 6. The van der Waals surface area contributed by atoms with Crippen LogP contribution in [-0.4, -0.2) is 17.6 Å². The molecule has 1 aliphatic heterocycles. The standard InChI is InChI=1S/C23H13Br2F2N3O3S/c1-33-23(32)19-18(13-8-12(25)3-5-16(13)27)14(9-28)22-30(20(19)29)21(31)17(34-22)7-10-6-11(24)2-4-15(10)26/h2-8,18H,29H2,1H3. The van der Waals surface area contributed by atoms with E-state index in [1.54, 1.807) is 0 Å². The van der Waals surface area contributed by atoms with Gasteiger partial charge in [0.25, 0.3) is 5.56 Å². The van der Waals surface area contributed by atoms with Gasteiger partial charge in [0, 0.05) is 20.1 Å². The number of carbonyl (C=O) groups is 1. The second-order valence-electron chi connectivity index (χ2n) is 7.14. The van der Waals surface area contributed by atoms with Crippen molar-refractivity contribution in [2.24, 2.45) is 5.73 Å². The van der Waals surface area contributed by atoms with Crippen LogP contribution in [0, 0.1) is 23.0 Å². The lowest BCUT2D eigenvalue weighted by Crippen LogP contribution is -2.40. The fourth-order valence-electron chi connectivity index (χ4n) is 3.68. The fraction of sp³-hybridized carbons (Fsp3) is 0.0870. The summed E-state index contributed by atoms with van der Waals surface area (Å²) in [6.07, 6.45) is 1.33. The molecule has 6 nitrogen and oxygen atoms in total. The molecule has 0 saturated carbocycles. The summed E-state index contributed by atoms with van der Waals surface area (Å²) in [6, 6.07) is 10.3. The Morgan fingerprint density at radius 3 is 2.50 bits per heavy atom. The molecule has 1 aliphatic rings. The van der Waals surface area contributed by atoms with Crippen molar-refractivity contribution >= 4 is 66.6 Å². The summed E-state index contributed by atoms with van der Waals surface area (Å²) < 4.78 is 36.4. The fourth-order valence-corrected chi connectivity index (χ4v) is 5.55. The monoisotopic (exact) mass is 607 g/mol. The minimum atomic E-state index is -1.22. The number of hydrogen-bond donors (Lipinski definition) is 1. The van der Waals surface area contributed by atoms with E-state index in [1.165, 1.54) is 42.5 Å². The third-order valence-electron chi connectivity index (χ3n) is 5.19. The smallest absolute Gasteiger partial charge is 0.338 e. The van der Waals surface area contributed by atoms with Gasteiger partial charge in [-0.05, 0) is 42.5 Å². The molecule has 1 unspecified atom stereocenters. The number of ether oxygens (including phenoxy) is 1. The number of nitrogens with two attached hydrogens (primary N) is 1. The van der Waals surface area contributed by atoms with Crippen LogP contribution in [0.5, 0.6) is 0 Å². The highest BCUT2D eigenvalue weighted by molar-refractivity contribution is 9.10. The van der Waals surface area contributed by atoms with Crippen molar-refractivity contribution in [3.8, 4) is 6.07 Å². The molecule has 34 heavy (non-hydrogen) atoms.